The van der Waals surface area contributed by atoms with Crippen LogP contribution < -0.4 is 10.1 Å². The number of hydrogen-bond acceptors (Lipinski definition) is 3. The van der Waals surface area contributed by atoms with Crippen LogP contribution in [0.15, 0.2) is 42.6 Å². The molecule has 154 valence electrons. The van der Waals surface area contributed by atoms with Crippen molar-refractivity contribution in [2.24, 2.45) is 5.41 Å². The lowest BCUT2D eigenvalue weighted by atomic mass is 9.82. The molecule has 0 unspecified atom stereocenters. The van der Waals surface area contributed by atoms with Crippen LogP contribution in [0.1, 0.15) is 57.9 Å². The average molecular weight is 392 g/mol. The summed E-state index contributed by atoms with van der Waals surface area (Å²) >= 11 is 0. The Morgan fingerprint density at radius 3 is 2.48 bits per heavy atom. The van der Waals surface area contributed by atoms with E-state index in [1.165, 1.54) is 5.56 Å². The highest BCUT2D eigenvalue weighted by Crippen LogP contribution is 2.32. The van der Waals surface area contributed by atoms with Gasteiger partial charge in [0.05, 0.1) is 7.11 Å². The number of nitrogens with one attached hydrogen (secondary N) is 1. The summed E-state index contributed by atoms with van der Waals surface area (Å²) in [5, 5.41) is 3.77. The molecule has 0 saturated heterocycles. The predicted octanol–water partition coefficient (Wildman–Crippen LogP) is 6.45. The molecule has 0 amide bonds. The molecule has 2 heterocycles. The van der Waals surface area contributed by atoms with Crippen LogP contribution in [-0.4, -0.2) is 22.0 Å². The number of nitrogens with zero attached hydrogens (tertiary/aromatic N) is 2. The number of rotatable bonds is 6. The first-order valence-corrected chi connectivity index (χ1v) is 10.2. The highest BCUT2D eigenvalue weighted by atomic mass is 16.5. The molecular formula is C25H33N3O. The van der Waals surface area contributed by atoms with E-state index in [0.29, 0.717) is 0 Å². The maximum Gasteiger partial charge on any atom is 0.139 e. The molecule has 0 saturated carbocycles. The van der Waals surface area contributed by atoms with E-state index in [0.717, 1.165) is 34.9 Å². The monoisotopic (exact) mass is 391 g/mol. The summed E-state index contributed by atoms with van der Waals surface area (Å²) in [6, 6.07) is 12.2. The number of anilines is 1. The van der Waals surface area contributed by atoms with Crippen molar-refractivity contribution in [1.82, 2.24) is 9.38 Å². The molecule has 4 nitrogen and oxygen atoms in total. The van der Waals surface area contributed by atoms with Crippen molar-refractivity contribution in [1.29, 1.82) is 0 Å². The van der Waals surface area contributed by atoms with E-state index in [1.54, 1.807) is 7.11 Å². The average Bonchev–Trinajstić information content (AvgIpc) is 2.94. The van der Waals surface area contributed by atoms with E-state index in [9.17, 15) is 0 Å². The van der Waals surface area contributed by atoms with Crippen LogP contribution in [0, 0.1) is 12.3 Å². The maximum atomic E-state index is 5.48. The molecule has 3 rings (SSSR count). The first kappa shape index (κ1) is 21.0. The molecule has 0 spiro atoms. The Balaban J connectivity index is 2.04. The molecule has 2 aromatic heterocycles. The van der Waals surface area contributed by atoms with Gasteiger partial charge in [0, 0.05) is 17.3 Å². The predicted molar refractivity (Wildman–Crippen MR) is 124 cm³/mol. The number of benzene rings is 1. The molecule has 1 N–H and O–H groups in total. The van der Waals surface area contributed by atoms with Crippen LogP contribution in [0.3, 0.4) is 0 Å². The van der Waals surface area contributed by atoms with E-state index in [-0.39, 0.29) is 11.0 Å². The molecule has 0 aliphatic rings. The number of fused-ring (bicyclic) bond motifs is 1. The van der Waals surface area contributed by atoms with E-state index < -0.39 is 0 Å². The van der Waals surface area contributed by atoms with Crippen LogP contribution in [0.2, 0.25) is 0 Å². The van der Waals surface area contributed by atoms with E-state index in [2.05, 4.69) is 81.7 Å². The number of methoxy groups -OCH3 is 1. The number of para-hydroxylation sites is 1. The lowest BCUT2D eigenvalue weighted by Gasteiger charge is -2.34. The molecule has 0 radical (unpaired) electrons. The fraction of sp³-hybridized carbons (Fsp3) is 0.400. The van der Waals surface area contributed by atoms with Gasteiger partial charge in [-0.15, -0.1) is 0 Å². The standard InChI is InChI=1S/C25H33N3O/c1-18-14-15-28-22(16-18)26-20(13-12-19-10-8-9-11-21(19)29-7)23(28)27-25(5,6)17-24(2,3)4/h8-16,27H,17H2,1-7H3/b13-12+. The second-order valence-corrected chi connectivity index (χ2v) is 9.60. The molecular weight excluding hydrogens is 358 g/mol. The van der Waals surface area contributed by atoms with Crippen molar-refractivity contribution >= 4 is 23.6 Å². The Kier molecular flexibility index (Phi) is 5.74. The van der Waals surface area contributed by atoms with Gasteiger partial charge in [-0.1, -0.05) is 39.0 Å². The molecule has 3 aromatic rings. The van der Waals surface area contributed by atoms with Gasteiger partial charge in [-0.2, -0.15) is 0 Å². The Morgan fingerprint density at radius 1 is 1.07 bits per heavy atom. The van der Waals surface area contributed by atoms with Gasteiger partial charge in [-0.3, -0.25) is 4.40 Å². The zero-order chi connectivity index (χ0) is 21.2. The molecule has 0 aliphatic carbocycles. The van der Waals surface area contributed by atoms with Gasteiger partial charge in [-0.25, -0.2) is 4.98 Å². The Labute approximate surface area is 174 Å². The minimum absolute atomic E-state index is 0.0773. The third-order valence-corrected chi connectivity index (χ3v) is 4.80. The molecule has 0 atom stereocenters. The summed E-state index contributed by atoms with van der Waals surface area (Å²) < 4.78 is 7.62. The van der Waals surface area contributed by atoms with Gasteiger partial charge in [-0.05, 0) is 68.5 Å². The molecule has 29 heavy (non-hydrogen) atoms. The van der Waals surface area contributed by atoms with E-state index in [1.807, 2.05) is 24.3 Å². The summed E-state index contributed by atoms with van der Waals surface area (Å²) in [6.07, 6.45) is 7.26. The molecule has 1 aromatic carbocycles. The van der Waals surface area contributed by atoms with Crippen molar-refractivity contribution in [3.8, 4) is 5.75 Å². The smallest absolute Gasteiger partial charge is 0.139 e. The van der Waals surface area contributed by atoms with Gasteiger partial charge in [0.2, 0.25) is 0 Å². The Bertz CT molecular complexity index is 1020. The number of imidazole rings is 1. The number of ether oxygens (including phenoxy) is 1. The number of aromatic nitrogens is 2. The highest BCUT2D eigenvalue weighted by Gasteiger charge is 2.27. The van der Waals surface area contributed by atoms with Gasteiger partial charge in [0.15, 0.2) is 0 Å². The van der Waals surface area contributed by atoms with Gasteiger partial charge in [0.25, 0.3) is 0 Å². The largest absolute Gasteiger partial charge is 0.496 e. The number of aryl methyl sites for hydroxylation is 1. The fourth-order valence-corrected chi connectivity index (χ4v) is 4.07. The van der Waals surface area contributed by atoms with Crippen LogP contribution in [0.5, 0.6) is 5.75 Å². The normalized spacial score (nSPS) is 12.7. The Morgan fingerprint density at radius 2 is 1.79 bits per heavy atom. The number of hydrogen-bond donors (Lipinski definition) is 1. The minimum Gasteiger partial charge on any atom is -0.496 e. The van der Waals surface area contributed by atoms with Crippen molar-refractivity contribution in [3.05, 3.63) is 59.4 Å². The lowest BCUT2D eigenvalue weighted by molar-refractivity contribution is 0.302. The third-order valence-electron chi connectivity index (χ3n) is 4.80. The lowest BCUT2D eigenvalue weighted by Crippen LogP contribution is -2.36. The summed E-state index contributed by atoms with van der Waals surface area (Å²) in [5.41, 5.74) is 4.24. The highest BCUT2D eigenvalue weighted by molar-refractivity contribution is 5.78. The maximum absolute atomic E-state index is 5.48. The van der Waals surface area contributed by atoms with Crippen LogP contribution in [0.25, 0.3) is 17.8 Å². The quantitative estimate of drug-likeness (QED) is 0.525. The molecule has 4 heteroatoms. The van der Waals surface area contributed by atoms with Crippen LogP contribution in [-0.2, 0) is 0 Å². The Hall–Kier alpha value is -2.75. The second kappa shape index (κ2) is 7.94. The SMILES string of the molecule is COc1ccccc1/C=C/c1nc2cc(C)ccn2c1NC(C)(C)CC(C)(C)C. The summed E-state index contributed by atoms with van der Waals surface area (Å²) in [6.45, 7) is 13.4. The van der Waals surface area contributed by atoms with E-state index in [4.69, 9.17) is 9.72 Å². The second-order valence-electron chi connectivity index (χ2n) is 9.60. The van der Waals surface area contributed by atoms with Crippen molar-refractivity contribution in [2.75, 3.05) is 12.4 Å². The third kappa shape index (κ3) is 5.20. The topological polar surface area (TPSA) is 38.6 Å². The van der Waals surface area contributed by atoms with Crippen LogP contribution >= 0.6 is 0 Å². The van der Waals surface area contributed by atoms with Crippen molar-refractivity contribution < 1.29 is 4.74 Å². The summed E-state index contributed by atoms with van der Waals surface area (Å²) in [4.78, 5) is 4.90. The van der Waals surface area contributed by atoms with Gasteiger partial charge in [0.1, 0.15) is 22.9 Å². The first-order valence-electron chi connectivity index (χ1n) is 10.2. The van der Waals surface area contributed by atoms with Gasteiger partial charge >= 0.3 is 0 Å². The molecule has 0 bridgehead atoms. The molecule has 0 fully saturated rings. The zero-order valence-corrected chi connectivity index (χ0v) is 18.7. The first-order chi connectivity index (χ1) is 13.6. The van der Waals surface area contributed by atoms with Crippen molar-refractivity contribution in [2.45, 2.75) is 53.5 Å². The van der Waals surface area contributed by atoms with Crippen molar-refractivity contribution in [3.63, 3.8) is 0 Å². The number of pyridine rings is 1. The summed E-state index contributed by atoms with van der Waals surface area (Å²) in [5.74, 6) is 1.87. The summed E-state index contributed by atoms with van der Waals surface area (Å²) in [7, 11) is 1.70. The van der Waals surface area contributed by atoms with E-state index >= 15 is 0 Å². The molecule has 0 aliphatic heterocycles. The minimum atomic E-state index is -0.0773. The van der Waals surface area contributed by atoms with Gasteiger partial charge < -0.3 is 10.1 Å². The fourth-order valence-electron chi connectivity index (χ4n) is 4.07. The zero-order valence-electron chi connectivity index (χ0n) is 18.7. The van der Waals surface area contributed by atoms with Crippen LogP contribution in [0.4, 0.5) is 5.82 Å².